The van der Waals surface area contributed by atoms with E-state index in [9.17, 15) is 0 Å². The maximum Gasteiger partial charge on any atom is 0.0940 e. The van der Waals surface area contributed by atoms with Crippen LogP contribution in [0.15, 0.2) is 48.5 Å². The molecule has 0 bridgehead atoms. The summed E-state index contributed by atoms with van der Waals surface area (Å²) < 4.78 is 6.33. The fourth-order valence-corrected chi connectivity index (χ4v) is 5.36. The number of fused-ring (bicyclic) bond motifs is 2. The van der Waals surface area contributed by atoms with Crippen LogP contribution in [0.4, 0.5) is 5.69 Å². The maximum atomic E-state index is 6.33. The van der Waals surface area contributed by atoms with Crippen LogP contribution in [0.3, 0.4) is 0 Å². The van der Waals surface area contributed by atoms with Crippen LogP contribution in [0, 0.1) is 0 Å². The lowest BCUT2D eigenvalue weighted by Crippen LogP contribution is -2.52. The summed E-state index contributed by atoms with van der Waals surface area (Å²) in [5, 5.41) is 0.809. The summed E-state index contributed by atoms with van der Waals surface area (Å²) in [6.45, 7) is 5.29. The Morgan fingerprint density at radius 2 is 1.59 bits per heavy atom. The van der Waals surface area contributed by atoms with Gasteiger partial charge < -0.3 is 9.64 Å². The molecule has 2 heterocycles. The molecule has 0 aromatic heterocycles. The second-order valence-electron chi connectivity index (χ2n) is 8.17. The van der Waals surface area contributed by atoms with Gasteiger partial charge >= 0.3 is 0 Å². The first-order valence-corrected chi connectivity index (χ1v) is 10.6. The van der Waals surface area contributed by atoms with Crippen LogP contribution in [-0.2, 0) is 16.9 Å². The van der Waals surface area contributed by atoms with Gasteiger partial charge in [0.1, 0.15) is 0 Å². The van der Waals surface area contributed by atoms with E-state index in [4.69, 9.17) is 16.3 Å². The number of ether oxygens (including phenoxy) is 1. The van der Waals surface area contributed by atoms with Gasteiger partial charge in [-0.25, -0.2) is 0 Å². The molecule has 142 valence electrons. The molecule has 27 heavy (non-hydrogen) atoms. The monoisotopic (exact) mass is 382 g/mol. The van der Waals surface area contributed by atoms with Gasteiger partial charge in [0.15, 0.2) is 0 Å². The molecule has 1 saturated carbocycles. The number of halogens is 1. The van der Waals surface area contributed by atoms with E-state index >= 15 is 0 Å². The molecule has 0 atom stereocenters. The first-order chi connectivity index (χ1) is 13.2. The molecule has 2 aromatic rings. The Bertz CT molecular complexity index is 790. The van der Waals surface area contributed by atoms with Crippen molar-refractivity contribution in [3.63, 3.8) is 0 Å². The zero-order valence-electron chi connectivity index (χ0n) is 15.7. The standard InChI is InChI=1S/C23H27ClN2O/c24-19-5-7-20(8-6-19)25-13-15-26(16-14-25)21-9-11-23(12-10-21)22-4-2-1-3-18(22)17-27-23/h1-8,21H,9-17H2. The Morgan fingerprint density at radius 3 is 2.33 bits per heavy atom. The Kier molecular flexibility index (Phi) is 4.63. The SMILES string of the molecule is Clc1ccc(N2CCN(C3CCC4(CC3)OCc3ccccc34)CC2)cc1. The number of hydrogen-bond donors (Lipinski definition) is 0. The molecule has 0 radical (unpaired) electrons. The Labute approximate surface area is 166 Å². The topological polar surface area (TPSA) is 15.7 Å². The molecule has 5 rings (SSSR count). The highest BCUT2D eigenvalue weighted by molar-refractivity contribution is 6.30. The molecule has 1 spiro atoms. The lowest BCUT2D eigenvalue weighted by atomic mass is 9.77. The molecule has 1 saturated heterocycles. The minimum absolute atomic E-state index is 0.00176. The van der Waals surface area contributed by atoms with Gasteiger partial charge in [0.25, 0.3) is 0 Å². The van der Waals surface area contributed by atoms with Gasteiger partial charge in [0, 0.05) is 42.9 Å². The predicted octanol–water partition coefficient (Wildman–Crippen LogP) is 4.83. The third-order valence-corrected chi connectivity index (χ3v) is 7.05. The van der Waals surface area contributed by atoms with E-state index in [-0.39, 0.29) is 5.60 Å². The van der Waals surface area contributed by atoms with Crippen LogP contribution < -0.4 is 4.90 Å². The fourth-order valence-electron chi connectivity index (χ4n) is 5.23. The van der Waals surface area contributed by atoms with Crippen LogP contribution in [0.5, 0.6) is 0 Å². The molecule has 1 aliphatic carbocycles. The largest absolute Gasteiger partial charge is 0.369 e. The predicted molar refractivity (Wildman–Crippen MR) is 110 cm³/mol. The van der Waals surface area contributed by atoms with Crippen molar-refractivity contribution in [3.8, 4) is 0 Å². The van der Waals surface area contributed by atoms with Crippen LogP contribution in [0.25, 0.3) is 0 Å². The second kappa shape index (κ2) is 7.12. The van der Waals surface area contributed by atoms with E-state index in [0.717, 1.165) is 50.7 Å². The van der Waals surface area contributed by atoms with Crippen molar-refractivity contribution in [1.29, 1.82) is 0 Å². The van der Waals surface area contributed by atoms with Gasteiger partial charge in [0.2, 0.25) is 0 Å². The van der Waals surface area contributed by atoms with Crippen molar-refractivity contribution in [2.45, 2.75) is 43.9 Å². The molecule has 0 amide bonds. The minimum atomic E-state index is -0.00176. The van der Waals surface area contributed by atoms with Crippen LogP contribution >= 0.6 is 11.6 Å². The quantitative estimate of drug-likeness (QED) is 0.739. The molecule has 3 aliphatic rings. The van der Waals surface area contributed by atoms with Crippen molar-refractivity contribution in [3.05, 3.63) is 64.7 Å². The van der Waals surface area contributed by atoms with E-state index in [0.29, 0.717) is 6.04 Å². The summed E-state index contributed by atoms with van der Waals surface area (Å²) in [7, 11) is 0. The Morgan fingerprint density at radius 1 is 0.889 bits per heavy atom. The maximum absolute atomic E-state index is 6.33. The van der Waals surface area contributed by atoms with Gasteiger partial charge in [-0.05, 0) is 61.1 Å². The van der Waals surface area contributed by atoms with E-state index in [1.165, 1.54) is 29.7 Å². The summed E-state index contributed by atoms with van der Waals surface area (Å²) >= 11 is 6.02. The van der Waals surface area contributed by atoms with E-state index in [1.54, 1.807) is 0 Å². The van der Waals surface area contributed by atoms with Crippen molar-refractivity contribution in [2.24, 2.45) is 0 Å². The van der Waals surface area contributed by atoms with Gasteiger partial charge in [-0.1, -0.05) is 35.9 Å². The Balaban J connectivity index is 1.19. The zero-order chi connectivity index (χ0) is 18.3. The third kappa shape index (κ3) is 3.26. The lowest BCUT2D eigenvalue weighted by molar-refractivity contribution is -0.0777. The first kappa shape index (κ1) is 17.5. The lowest BCUT2D eigenvalue weighted by Gasteiger charge is -2.45. The molecule has 0 N–H and O–H groups in total. The van der Waals surface area contributed by atoms with Crippen LogP contribution in [-0.4, -0.2) is 37.1 Å². The van der Waals surface area contributed by atoms with E-state index < -0.39 is 0 Å². The highest BCUT2D eigenvalue weighted by Crippen LogP contribution is 2.47. The number of nitrogens with zero attached hydrogens (tertiary/aromatic N) is 2. The molecule has 2 aromatic carbocycles. The summed E-state index contributed by atoms with van der Waals surface area (Å²) in [5.74, 6) is 0. The highest BCUT2D eigenvalue weighted by Gasteiger charge is 2.43. The number of rotatable bonds is 2. The zero-order valence-corrected chi connectivity index (χ0v) is 16.5. The van der Waals surface area contributed by atoms with Crippen molar-refractivity contribution in [1.82, 2.24) is 4.90 Å². The van der Waals surface area contributed by atoms with Crippen molar-refractivity contribution < 1.29 is 4.74 Å². The smallest absolute Gasteiger partial charge is 0.0940 e. The second-order valence-corrected chi connectivity index (χ2v) is 8.61. The molecule has 4 heteroatoms. The number of piperazine rings is 1. The highest BCUT2D eigenvalue weighted by atomic mass is 35.5. The number of hydrogen-bond acceptors (Lipinski definition) is 3. The summed E-state index contributed by atoms with van der Waals surface area (Å²) in [5.41, 5.74) is 4.14. The average molecular weight is 383 g/mol. The number of anilines is 1. The van der Waals surface area contributed by atoms with E-state index in [1.807, 2.05) is 12.1 Å². The van der Waals surface area contributed by atoms with E-state index in [2.05, 4.69) is 46.2 Å². The fraction of sp³-hybridized carbons (Fsp3) is 0.478. The van der Waals surface area contributed by atoms with Crippen LogP contribution in [0.1, 0.15) is 36.8 Å². The molecule has 0 unspecified atom stereocenters. The first-order valence-electron chi connectivity index (χ1n) is 10.2. The number of benzene rings is 2. The van der Waals surface area contributed by atoms with Gasteiger partial charge in [-0.2, -0.15) is 0 Å². The van der Waals surface area contributed by atoms with Crippen molar-refractivity contribution >= 4 is 17.3 Å². The average Bonchev–Trinajstić information content (AvgIpc) is 3.08. The minimum Gasteiger partial charge on any atom is -0.369 e. The van der Waals surface area contributed by atoms with Crippen molar-refractivity contribution in [2.75, 3.05) is 31.1 Å². The molecular weight excluding hydrogens is 356 g/mol. The third-order valence-electron chi connectivity index (χ3n) is 6.80. The molecule has 3 nitrogen and oxygen atoms in total. The summed E-state index contributed by atoms with van der Waals surface area (Å²) in [6.07, 6.45) is 4.81. The van der Waals surface area contributed by atoms with Gasteiger partial charge in [0.05, 0.1) is 12.2 Å². The normalized spacial score (nSPS) is 28.5. The summed E-state index contributed by atoms with van der Waals surface area (Å²) in [4.78, 5) is 5.19. The molecular formula is C23H27ClN2O. The van der Waals surface area contributed by atoms with Gasteiger partial charge in [-0.15, -0.1) is 0 Å². The van der Waals surface area contributed by atoms with Gasteiger partial charge in [-0.3, -0.25) is 4.90 Å². The summed E-state index contributed by atoms with van der Waals surface area (Å²) in [6, 6.07) is 17.8. The van der Waals surface area contributed by atoms with Crippen LogP contribution in [0.2, 0.25) is 5.02 Å². The molecule has 2 aliphatic heterocycles. The molecule has 2 fully saturated rings. The Hall–Kier alpha value is -1.55.